The Balaban J connectivity index is 0. The molecule has 0 aliphatic rings. The summed E-state index contributed by atoms with van der Waals surface area (Å²) in [7, 11) is 5.65. The molecule has 0 aromatic heterocycles. The first-order chi connectivity index (χ1) is 9.49. The zero-order valence-electron chi connectivity index (χ0n) is 14.6. The number of hydrogen-bond acceptors (Lipinski definition) is 3. The third-order valence-corrected chi connectivity index (χ3v) is 3.25. The van der Waals surface area contributed by atoms with Gasteiger partial charge in [0.05, 0.1) is 6.61 Å². The Morgan fingerprint density at radius 1 is 1.19 bits per heavy atom. The fraction of sp³-hybridized carbons (Fsp3) is 0.933. The Morgan fingerprint density at radius 2 is 1.86 bits per heavy atom. The van der Waals surface area contributed by atoms with Gasteiger partial charge in [-0.3, -0.25) is 4.99 Å². The number of aliphatic imine (C=N–C) groups is 1. The smallest absolute Gasteiger partial charge is 0.191 e. The molecule has 128 valence electrons. The molecule has 0 fully saturated rings. The molecule has 0 spiro atoms. The predicted octanol–water partition coefficient (Wildman–Crippen LogP) is 2.17. The lowest BCUT2D eigenvalue weighted by molar-refractivity contribution is 0.162. The molecule has 0 bridgehead atoms. The van der Waals surface area contributed by atoms with E-state index in [0.29, 0.717) is 6.04 Å². The number of nitrogens with zero attached hydrogens (tertiary/aromatic N) is 2. The van der Waals surface area contributed by atoms with E-state index in [0.717, 1.165) is 38.1 Å². The number of hydrogen-bond donors (Lipinski definition) is 2. The number of ether oxygens (including phenoxy) is 1. The highest BCUT2D eigenvalue weighted by Crippen LogP contribution is 2.06. The van der Waals surface area contributed by atoms with Gasteiger partial charge < -0.3 is 20.3 Å². The second kappa shape index (κ2) is 14.8. The molecule has 1 unspecified atom stereocenters. The van der Waals surface area contributed by atoms with Crippen LogP contribution < -0.4 is 10.6 Å². The lowest BCUT2D eigenvalue weighted by Crippen LogP contribution is -2.44. The van der Waals surface area contributed by atoms with Gasteiger partial charge in [0.25, 0.3) is 0 Å². The zero-order valence-corrected chi connectivity index (χ0v) is 16.9. The highest BCUT2D eigenvalue weighted by atomic mass is 127. The first kappa shape index (κ1) is 23.2. The van der Waals surface area contributed by atoms with Crippen LogP contribution in [0.4, 0.5) is 0 Å². The Hall–Kier alpha value is -0.0800. The van der Waals surface area contributed by atoms with Crippen LogP contribution in [0.3, 0.4) is 0 Å². The van der Waals surface area contributed by atoms with Crippen LogP contribution >= 0.6 is 24.0 Å². The molecule has 21 heavy (non-hydrogen) atoms. The molecule has 0 rings (SSSR count). The van der Waals surface area contributed by atoms with Crippen molar-refractivity contribution in [1.29, 1.82) is 0 Å². The molecule has 0 aliphatic heterocycles. The number of guanidine groups is 1. The fourth-order valence-electron chi connectivity index (χ4n) is 1.81. The predicted molar refractivity (Wildman–Crippen MR) is 103 cm³/mol. The molecule has 2 N–H and O–H groups in total. The normalized spacial score (nSPS) is 13.2. The van der Waals surface area contributed by atoms with E-state index in [9.17, 15) is 0 Å². The van der Waals surface area contributed by atoms with Crippen molar-refractivity contribution >= 4 is 29.9 Å². The van der Waals surface area contributed by atoms with Crippen LogP contribution in [0.25, 0.3) is 0 Å². The van der Waals surface area contributed by atoms with E-state index >= 15 is 0 Å². The number of halogens is 1. The SMILES string of the molecule is CN=C(NCCN(C)CCOC)NC(C)CCC(C)C.I. The van der Waals surface area contributed by atoms with Crippen molar-refractivity contribution in [3.63, 3.8) is 0 Å². The molecule has 6 heteroatoms. The molecule has 0 saturated heterocycles. The lowest BCUT2D eigenvalue weighted by atomic mass is 10.0. The van der Waals surface area contributed by atoms with Crippen LogP contribution in [0, 0.1) is 5.92 Å². The third-order valence-electron chi connectivity index (χ3n) is 3.25. The van der Waals surface area contributed by atoms with Crippen LogP contribution in [0.1, 0.15) is 33.6 Å². The van der Waals surface area contributed by atoms with Gasteiger partial charge in [-0.15, -0.1) is 24.0 Å². The molecular formula is C15H35IN4O. The summed E-state index contributed by atoms with van der Waals surface area (Å²) >= 11 is 0. The minimum absolute atomic E-state index is 0. The summed E-state index contributed by atoms with van der Waals surface area (Å²) in [6.07, 6.45) is 2.41. The summed E-state index contributed by atoms with van der Waals surface area (Å²) in [6.45, 7) is 10.3. The van der Waals surface area contributed by atoms with Crippen molar-refractivity contribution in [1.82, 2.24) is 15.5 Å². The zero-order chi connectivity index (χ0) is 15.4. The maximum Gasteiger partial charge on any atom is 0.191 e. The molecule has 0 aromatic rings. The van der Waals surface area contributed by atoms with Crippen LogP contribution in [0.2, 0.25) is 0 Å². The standard InChI is InChI=1S/C15H34N4O.HI/c1-13(2)7-8-14(3)18-15(16-4)17-9-10-19(5)11-12-20-6;/h13-14H,7-12H2,1-6H3,(H2,16,17,18);1H. The van der Waals surface area contributed by atoms with E-state index in [-0.39, 0.29) is 24.0 Å². The molecule has 0 heterocycles. The summed E-state index contributed by atoms with van der Waals surface area (Å²) in [4.78, 5) is 6.51. The van der Waals surface area contributed by atoms with Gasteiger partial charge in [0.15, 0.2) is 5.96 Å². The van der Waals surface area contributed by atoms with E-state index in [2.05, 4.69) is 48.3 Å². The summed E-state index contributed by atoms with van der Waals surface area (Å²) in [6, 6.07) is 0.454. The number of nitrogens with one attached hydrogen (secondary N) is 2. The molecule has 0 saturated carbocycles. The van der Waals surface area contributed by atoms with Crippen molar-refractivity contribution in [2.24, 2.45) is 10.9 Å². The summed E-state index contributed by atoms with van der Waals surface area (Å²) in [5, 5.41) is 6.79. The molecule has 0 aliphatic carbocycles. The number of likely N-dealkylation sites (N-methyl/N-ethyl adjacent to an activating group) is 1. The summed E-state index contributed by atoms with van der Waals surface area (Å²) in [5.41, 5.74) is 0. The fourth-order valence-corrected chi connectivity index (χ4v) is 1.81. The topological polar surface area (TPSA) is 48.9 Å². The molecule has 5 nitrogen and oxygen atoms in total. The van der Waals surface area contributed by atoms with E-state index < -0.39 is 0 Å². The van der Waals surface area contributed by atoms with E-state index in [1.54, 1.807) is 7.11 Å². The summed E-state index contributed by atoms with van der Waals surface area (Å²) in [5.74, 6) is 1.64. The maximum atomic E-state index is 5.06. The van der Waals surface area contributed by atoms with Gasteiger partial charge in [0.2, 0.25) is 0 Å². The van der Waals surface area contributed by atoms with E-state index in [4.69, 9.17) is 4.74 Å². The number of rotatable bonds is 10. The van der Waals surface area contributed by atoms with Gasteiger partial charge in [-0.1, -0.05) is 13.8 Å². The van der Waals surface area contributed by atoms with Gasteiger partial charge in [-0.2, -0.15) is 0 Å². The monoisotopic (exact) mass is 414 g/mol. The minimum atomic E-state index is 0. The quantitative estimate of drug-likeness (QED) is 0.327. The second-order valence-electron chi connectivity index (χ2n) is 5.81. The lowest BCUT2D eigenvalue weighted by Gasteiger charge is -2.20. The van der Waals surface area contributed by atoms with E-state index in [1.165, 1.54) is 12.8 Å². The Kier molecular flexibility index (Phi) is 16.4. The third kappa shape index (κ3) is 14.6. The van der Waals surface area contributed by atoms with Crippen molar-refractivity contribution < 1.29 is 4.74 Å². The van der Waals surface area contributed by atoms with Crippen molar-refractivity contribution in [2.45, 2.75) is 39.7 Å². The Morgan fingerprint density at radius 3 is 2.38 bits per heavy atom. The first-order valence-electron chi connectivity index (χ1n) is 7.64. The summed E-state index contributed by atoms with van der Waals surface area (Å²) < 4.78 is 5.06. The molecule has 0 aromatic carbocycles. The molecular weight excluding hydrogens is 379 g/mol. The van der Waals surface area contributed by atoms with Gasteiger partial charge in [-0.25, -0.2) is 0 Å². The van der Waals surface area contributed by atoms with Gasteiger partial charge in [0.1, 0.15) is 0 Å². The molecule has 1 atom stereocenters. The van der Waals surface area contributed by atoms with Gasteiger partial charge >= 0.3 is 0 Å². The van der Waals surface area contributed by atoms with Crippen molar-refractivity contribution in [3.8, 4) is 0 Å². The van der Waals surface area contributed by atoms with Crippen LogP contribution in [0.5, 0.6) is 0 Å². The Labute approximate surface area is 148 Å². The minimum Gasteiger partial charge on any atom is -0.383 e. The van der Waals surface area contributed by atoms with Gasteiger partial charge in [-0.05, 0) is 32.7 Å². The number of methoxy groups -OCH3 is 1. The second-order valence-corrected chi connectivity index (χ2v) is 5.81. The maximum absolute atomic E-state index is 5.06. The largest absolute Gasteiger partial charge is 0.383 e. The van der Waals surface area contributed by atoms with Crippen LogP contribution in [-0.2, 0) is 4.74 Å². The first-order valence-corrected chi connectivity index (χ1v) is 7.64. The highest BCUT2D eigenvalue weighted by molar-refractivity contribution is 14.0. The van der Waals surface area contributed by atoms with E-state index in [1.807, 2.05) is 7.05 Å². The van der Waals surface area contributed by atoms with Gasteiger partial charge in [0, 0.05) is 39.8 Å². The highest BCUT2D eigenvalue weighted by Gasteiger charge is 2.06. The molecule has 0 radical (unpaired) electrons. The van der Waals surface area contributed by atoms with Crippen LogP contribution in [-0.4, -0.2) is 64.3 Å². The molecule has 0 amide bonds. The average molecular weight is 414 g/mol. The van der Waals surface area contributed by atoms with Crippen LogP contribution in [0.15, 0.2) is 4.99 Å². The van der Waals surface area contributed by atoms with Crippen molar-refractivity contribution in [2.75, 3.05) is 47.4 Å². The average Bonchev–Trinajstić information content (AvgIpc) is 2.41. The Bertz CT molecular complexity index is 262. The van der Waals surface area contributed by atoms with Crippen molar-refractivity contribution in [3.05, 3.63) is 0 Å².